The number of benzene rings is 2. The van der Waals surface area contributed by atoms with Crippen LogP contribution in [0.15, 0.2) is 60.2 Å². The SMILES string of the molecule is CC(=CC(=O)Nc1ccc(Oc2ccc([N+](=O)[O-])cc2)cc1)C(=O)O. The van der Waals surface area contributed by atoms with E-state index in [4.69, 9.17) is 9.84 Å². The van der Waals surface area contributed by atoms with Crippen molar-refractivity contribution in [2.75, 3.05) is 5.32 Å². The molecule has 8 heteroatoms. The fraction of sp³-hybridized carbons (Fsp3) is 0.0588. The van der Waals surface area contributed by atoms with Gasteiger partial charge in [-0.1, -0.05) is 0 Å². The molecule has 0 bridgehead atoms. The fourth-order valence-corrected chi connectivity index (χ4v) is 1.82. The largest absolute Gasteiger partial charge is 0.478 e. The summed E-state index contributed by atoms with van der Waals surface area (Å²) in [5.41, 5.74) is 0.362. The van der Waals surface area contributed by atoms with Crippen LogP contribution in [0.25, 0.3) is 0 Å². The van der Waals surface area contributed by atoms with Gasteiger partial charge < -0.3 is 15.2 Å². The van der Waals surface area contributed by atoms with Crippen molar-refractivity contribution in [2.24, 2.45) is 0 Å². The van der Waals surface area contributed by atoms with Crippen molar-refractivity contribution in [2.45, 2.75) is 6.92 Å². The third-order valence-corrected chi connectivity index (χ3v) is 3.09. The molecule has 2 aromatic carbocycles. The first-order chi connectivity index (χ1) is 11.8. The number of aliphatic carboxylic acids is 1. The quantitative estimate of drug-likeness (QED) is 0.472. The number of rotatable bonds is 6. The number of amides is 1. The number of carbonyl (C=O) groups is 2. The molecule has 0 atom stereocenters. The van der Waals surface area contributed by atoms with Crippen LogP contribution in [0.1, 0.15) is 6.92 Å². The predicted octanol–water partition coefficient (Wildman–Crippen LogP) is 3.36. The molecule has 2 aromatic rings. The maximum Gasteiger partial charge on any atom is 0.331 e. The average Bonchev–Trinajstić information content (AvgIpc) is 2.57. The minimum absolute atomic E-state index is 0.0323. The van der Waals surface area contributed by atoms with Crippen molar-refractivity contribution >= 4 is 23.3 Å². The minimum atomic E-state index is -1.16. The third kappa shape index (κ3) is 5.17. The number of nitrogens with one attached hydrogen (secondary N) is 1. The molecule has 128 valence electrons. The number of carboxylic acid groups (broad SMARTS) is 1. The Labute approximate surface area is 142 Å². The number of carboxylic acids is 1. The highest BCUT2D eigenvalue weighted by molar-refractivity contribution is 6.04. The fourth-order valence-electron chi connectivity index (χ4n) is 1.82. The number of nitrogens with zero attached hydrogens (tertiary/aromatic N) is 1. The number of ether oxygens (including phenoxy) is 1. The molecular weight excluding hydrogens is 328 g/mol. The highest BCUT2D eigenvalue weighted by Gasteiger charge is 2.06. The molecule has 2 N–H and O–H groups in total. The van der Waals surface area contributed by atoms with Crippen LogP contribution < -0.4 is 10.1 Å². The monoisotopic (exact) mass is 342 g/mol. The van der Waals surface area contributed by atoms with Gasteiger partial charge in [-0.25, -0.2) is 4.79 Å². The Kier molecular flexibility index (Phi) is 5.47. The van der Waals surface area contributed by atoms with Gasteiger partial charge in [-0.15, -0.1) is 0 Å². The van der Waals surface area contributed by atoms with E-state index in [9.17, 15) is 19.7 Å². The Balaban J connectivity index is 2.00. The topological polar surface area (TPSA) is 119 Å². The molecule has 25 heavy (non-hydrogen) atoms. The van der Waals surface area contributed by atoms with E-state index in [-0.39, 0.29) is 11.3 Å². The van der Waals surface area contributed by atoms with Gasteiger partial charge in [0, 0.05) is 29.5 Å². The second-order valence-electron chi connectivity index (χ2n) is 5.00. The zero-order chi connectivity index (χ0) is 18.4. The van der Waals surface area contributed by atoms with E-state index in [2.05, 4.69) is 5.32 Å². The second kappa shape index (κ2) is 7.73. The van der Waals surface area contributed by atoms with Crippen LogP contribution in [0.3, 0.4) is 0 Å². The Morgan fingerprint density at radius 2 is 1.60 bits per heavy atom. The van der Waals surface area contributed by atoms with Gasteiger partial charge in [-0.05, 0) is 43.3 Å². The molecule has 0 aliphatic carbocycles. The lowest BCUT2D eigenvalue weighted by atomic mass is 10.2. The molecule has 0 unspecified atom stereocenters. The lowest BCUT2D eigenvalue weighted by molar-refractivity contribution is -0.384. The zero-order valence-corrected chi connectivity index (χ0v) is 13.1. The summed E-state index contributed by atoms with van der Waals surface area (Å²) in [7, 11) is 0. The molecule has 1 amide bonds. The molecule has 2 rings (SSSR count). The Morgan fingerprint density at radius 3 is 2.08 bits per heavy atom. The average molecular weight is 342 g/mol. The predicted molar refractivity (Wildman–Crippen MR) is 89.6 cm³/mol. The van der Waals surface area contributed by atoms with E-state index < -0.39 is 16.8 Å². The third-order valence-electron chi connectivity index (χ3n) is 3.09. The van der Waals surface area contributed by atoms with Crippen LogP contribution in [-0.4, -0.2) is 21.9 Å². The van der Waals surface area contributed by atoms with Gasteiger partial charge in [-0.2, -0.15) is 0 Å². The standard InChI is InChI=1S/C17H14N2O6/c1-11(17(21)22)10-16(20)18-12-2-6-14(7-3-12)25-15-8-4-13(5-9-15)19(23)24/h2-10H,1H3,(H,18,20)(H,21,22). The van der Waals surface area contributed by atoms with Crippen LogP contribution in [0.4, 0.5) is 11.4 Å². The van der Waals surface area contributed by atoms with Crippen molar-refractivity contribution in [3.8, 4) is 11.5 Å². The van der Waals surface area contributed by atoms with Gasteiger partial charge in [0.2, 0.25) is 5.91 Å². The number of nitro benzene ring substituents is 1. The molecule has 0 spiro atoms. The van der Waals surface area contributed by atoms with Gasteiger partial charge in [0.25, 0.3) is 5.69 Å². The molecule has 8 nitrogen and oxygen atoms in total. The van der Waals surface area contributed by atoms with E-state index in [0.29, 0.717) is 17.2 Å². The van der Waals surface area contributed by atoms with Gasteiger partial charge in [-0.3, -0.25) is 14.9 Å². The number of non-ortho nitro benzene ring substituents is 1. The van der Waals surface area contributed by atoms with E-state index in [1.54, 1.807) is 24.3 Å². The van der Waals surface area contributed by atoms with Crippen LogP contribution in [0, 0.1) is 10.1 Å². The summed E-state index contributed by atoms with van der Waals surface area (Å²) in [6.07, 6.45) is 0.990. The number of nitro groups is 1. The van der Waals surface area contributed by atoms with Crippen LogP contribution >= 0.6 is 0 Å². The van der Waals surface area contributed by atoms with Crippen LogP contribution in [0.5, 0.6) is 11.5 Å². The summed E-state index contributed by atoms with van der Waals surface area (Å²) in [5, 5.41) is 21.8. The summed E-state index contributed by atoms with van der Waals surface area (Å²) in [6.45, 7) is 1.32. The van der Waals surface area contributed by atoms with Crippen molar-refractivity contribution in [3.05, 3.63) is 70.3 Å². The molecule has 0 fully saturated rings. The van der Waals surface area contributed by atoms with Crippen LogP contribution in [-0.2, 0) is 9.59 Å². The lowest BCUT2D eigenvalue weighted by Crippen LogP contribution is -2.10. The molecule has 0 saturated carbocycles. The Bertz CT molecular complexity index is 825. The van der Waals surface area contributed by atoms with E-state index in [1.807, 2.05) is 0 Å². The molecule has 0 aliphatic rings. The summed E-state index contributed by atoms with van der Waals surface area (Å²) < 4.78 is 5.54. The van der Waals surface area contributed by atoms with E-state index in [0.717, 1.165) is 6.08 Å². The minimum Gasteiger partial charge on any atom is -0.478 e. The number of anilines is 1. The summed E-state index contributed by atoms with van der Waals surface area (Å²) in [5.74, 6) is -0.808. The van der Waals surface area contributed by atoms with E-state index in [1.165, 1.54) is 31.2 Å². The van der Waals surface area contributed by atoms with Crippen molar-refractivity contribution in [3.63, 3.8) is 0 Å². The second-order valence-corrected chi connectivity index (χ2v) is 5.00. The van der Waals surface area contributed by atoms with Gasteiger partial charge in [0.05, 0.1) is 4.92 Å². The molecule has 0 saturated heterocycles. The highest BCUT2D eigenvalue weighted by Crippen LogP contribution is 2.25. The maximum atomic E-state index is 11.7. The summed E-state index contributed by atoms with van der Waals surface area (Å²) >= 11 is 0. The maximum absolute atomic E-state index is 11.7. The molecule has 0 aromatic heterocycles. The first-order valence-electron chi connectivity index (χ1n) is 7.10. The zero-order valence-electron chi connectivity index (χ0n) is 13.1. The lowest BCUT2D eigenvalue weighted by Gasteiger charge is -2.07. The van der Waals surface area contributed by atoms with E-state index >= 15 is 0 Å². The summed E-state index contributed by atoms with van der Waals surface area (Å²) in [6, 6.07) is 12.0. The number of carbonyl (C=O) groups excluding carboxylic acids is 1. The van der Waals surface area contributed by atoms with Gasteiger partial charge in [0.15, 0.2) is 0 Å². The Morgan fingerprint density at radius 1 is 1.08 bits per heavy atom. The molecule has 0 heterocycles. The smallest absolute Gasteiger partial charge is 0.331 e. The first-order valence-corrected chi connectivity index (χ1v) is 7.10. The summed E-state index contributed by atoms with van der Waals surface area (Å²) in [4.78, 5) is 32.4. The van der Waals surface area contributed by atoms with Crippen molar-refractivity contribution < 1.29 is 24.4 Å². The molecule has 0 aliphatic heterocycles. The molecular formula is C17H14N2O6. The van der Waals surface area contributed by atoms with Crippen LogP contribution in [0.2, 0.25) is 0 Å². The Hall–Kier alpha value is -3.68. The normalized spacial score (nSPS) is 10.8. The van der Waals surface area contributed by atoms with Gasteiger partial charge in [0.1, 0.15) is 11.5 Å². The van der Waals surface area contributed by atoms with Crippen molar-refractivity contribution in [1.29, 1.82) is 0 Å². The number of hydrogen-bond acceptors (Lipinski definition) is 5. The van der Waals surface area contributed by atoms with Crippen molar-refractivity contribution in [1.82, 2.24) is 0 Å². The highest BCUT2D eigenvalue weighted by atomic mass is 16.6. The number of hydrogen-bond donors (Lipinski definition) is 2. The molecule has 0 radical (unpaired) electrons. The van der Waals surface area contributed by atoms with Gasteiger partial charge >= 0.3 is 5.97 Å². The first kappa shape index (κ1) is 17.7.